The third-order valence-electron chi connectivity index (χ3n) is 4.78. The highest BCUT2D eigenvalue weighted by Gasteiger charge is 2.26. The molecule has 0 aliphatic carbocycles. The molecule has 2 aromatic rings. The summed E-state index contributed by atoms with van der Waals surface area (Å²) in [5, 5.41) is 2.96. The van der Waals surface area contributed by atoms with E-state index in [0.717, 1.165) is 16.0 Å². The molecule has 0 bridgehead atoms. The molecule has 0 aliphatic heterocycles. The van der Waals surface area contributed by atoms with Crippen LogP contribution in [0.3, 0.4) is 0 Å². The van der Waals surface area contributed by atoms with Crippen molar-refractivity contribution in [2.75, 3.05) is 12.3 Å². The van der Waals surface area contributed by atoms with Gasteiger partial charge >= 0.3 is 0 Å². The molecule has 0 saturated carbocycles. The summed E-state index contributed by atoms with van der Waals surface area (Å²) in [7, 11) is 0. The van der Waals surface area contributed by atoms with Crippen LogP contribution in [0.2, 0.25) is 0 Å². The molecular formula is C24H32N2O2S. The van der Waals surface area contributed by atoms with Crippen molar-refractivity contribution in [2.45, 2.75) is 51.6 Å². The third-order valence-corrected chi connectivity index (χ3v) is 5.80. The summed E-state index contributed by atoms with van der Waals surface area (Å²) in [5.74, 6) is 0.960. The Labute approximate surface area is 179 Å². The number of hydrogen-bond donors (Lipinski definition) is 1. The van der Waals surface area contributed by atoms with Gasteiger partial charge in [-0.3, -0.25) is 9.59 Å². The summed E-state index contributed by atoms with van der Waals surface area (Å²) in [5.41, 5.74) is 2.19. The highest BCUT2D eigenvalue weighted by atomic mass is 32.2. The Balaban J connectivity index is 2.06. The number of rotatable bonds is 10. The fourth-order valence-corrected chi connectivity index (χ4v) is 3.78. The second-order valence-electron chi connectivity index (χ2n) is 7.67. The van der Waals surface area contributed by atoms with E-state index in [0.29, 0.717) is 31.2 Å². The average molecular weight is 413 g/mol. The Morgan fingerprint density at radius 1 is 1.00 bits per heavy atom. The SMILES string of the molecule is Cc1ccccc1CN(C(=O)CCSc1ccccc1)C(C)C(=O)NCC(C)C. The Bertz CT molecular complexity index is 792. The molecule has 1 unspecified atom stereocenters. The third kappa shape index (κ3) is 7.58. The van der Waals surface area contributed by atoms with Gasteiger partial charge in [0.2, 0.25) is 11.8 Å². The first-order valence-electron chi connectivity index (χ1n) is 10.2. The maximum absolute atomic E-state index is 13.1. The monoisotopic (exact) mass is 412 g/mol. The van der Waals surface area contributed by atoms with Gasteiger partial charge in [0.1, 0.15) is 6.04 Å². The van der Waals surface area contributed by atoms with E-state index < -0.39 is 6.04 Å². The van der Waals surface area contributed by atoms with Crippen molar-refractivity contribution in [1.82, 2.24) is 10.2 Å². The van der Waals surface area contributed by atoms with Crippen LogP contribution >= 0.6 is 11.8 Å². The van der Waals surface area contributed by atoms with Crippen LogP contribution in [0.4, 0.5) is 0 Å². The molecule has 156 valence electrons. The summed E-state index contributed by atoms with van der Waals surface area (Å²) in [4.78, 5) is 28.6. The number of nitrogens with zero attached hydrogens (tertiary/aromatic N) is 1. The van der Waals surface area contributed by atoms with E-state index in [1.54, 1.807) is 16.7 Å². The minimum atomic E-state index is -0.511. The first kappa shape index (κ1) is 23.0. The molecule has 2 amide bonds. The molecule has 0 aliphatic rings. The molecule has 2 aromatic carbocycles. The minimum Gasteiger partial charge on any atom is -0.354 e. The predicted octanol–water partition coefficient (Wildman–Crippen LogP) is 4.67. The quantitative estimate of drug-likeness (QED) is 0.577. The number of carbonyl (C=O) groups excluding carboxylic acids is 2. The smallest absolute Gasteiger partial charge is 0.242 e. The number of amides is 2. The van der Waals surface area contributed by atoms with Gasteiger partial charge < -0.3 is 10.2 Å². The van der Waals surface area contributed by atoms with Crippen molar-refractivity contribution in [1.29, 1.82) is 0 Å². The van der Waals surface area contributed by atoms with E-state index in [2.05, 4.69) is 19.2 Å². The molecular weight excluding hydrogens is 380 g/mol. The summed E-state index contributed by atoms with van der Waals surface area (Å²) in [6.07, 6.45) is 0.396. The Hall–Kier alpha value is -2.27. The van der Waals surface area contributed by atoms with E-state index in [9.17, 15) is 9.59 Å². The van der Waals surface area contributed by atoms with Crippen LogP contribution in [-0.2, 0) is 16.1 Å². The molecule has 5 heteroatoms. The van der Waals surface area contributed by atoms with Gasteiger partial charge in [-0.1, -0.05) is 56.3 Å². The minimum absolute atomic E-state index is 0.00359. The van der Waals surface area contributed by atoms with Gasteiger partial charge in [0.15, 0.2) is 0 Å². The number of aryl methyl sites for hydroxylation is 1. The van der Waals surface area contributed by atoms with Crippen LogP contribution in [0.15, 0.2) is 59.5 Å². The summed E-state index contributed by atoms with van der Waals surface area (Å²) in [6.45, 7) is 9.02. The summed E-state index contributed by atoms with van der Waals surface area (Å²) >= 11 is 1.66. The van der Waals surface area contributed by atoms with Crippen LogP contribution in [0.1, 0.15) is 38.3 Å². The number of thioether (sulfide) groups is 1. The van der Waals surface area contributed by atoms with Crippen molar-refractivity contribution in [3.8, 4) is 0 Å². The predicted molar refractivity (Wildman–Crippen MR) is 121 cm³/mol. The van der Waals surface area contributed by atoms with Crippen molar-refractivity contribution >= 4 is 23.6 Å². The molecule has 0 heterocycles. The second-order valence-corrected chi connectivity index (χ2v) is 8.84. The van der Waals surface area contributed by atoms with Crippen LogP contribution in [0.5, 0.6) is 0 Å². The van der Waals surface area contributed by atoms with Crippen molar-refractivity contribution in [2.24, 2.45) is 5.92 Å². The Morgan fingerprint density at radius 3 is 2.31 bits per heavy atom. The van der Waals surface area contributed by atoms with Crippen LogP contribution < -0.4 is 5.32 Å². The van der Waals surface area contributed by atoms with Crippen LogP contribution in [0.25, 0.3) is 0 Å². The molecule has 0 radical (unpaired) electrons. The van der Waals surface area contributed by atoms with Gasteiger partial charge in [-0.15, -0.1) is 11.8 Å². The summed E-state index contributed by atoms with van der Waals surface area (Å²) in [6, 6.07) is 17.6. The highest BCUT2D eigenvalue weighted by Crippen LogP contribution is 2.20. The van der Waals surface area contributed by atoms with Gasteiger partial charge in [0.05, 0.1) is 0 Å². The van der Waals surface area contributed by atoms with Gasteiger partial charge in [-0.2, -0.15) is 0 Å². The highest BCUT2D eigenvalue weighted by molar-refractivity contribution is 7.99. The molecule has 4 nitrogen and oxygen atoms in total. The van der Waals surface area contributed by atoms with Crippen molar-refractivity contribution in [3.63, 3.8) is 0 Å². The zero-order chi connectivity index (χ0) is 21.2. The first-order valence-corrected chi connectivity index (χ1v) is 11.2. The topological polar surface area (TPSA) is 49.4 Å². The average Bonchev–Trinajstić information content (AvgIpc) is 2.71. The lowest BCUT2D eigenvalue weighted by Crippen LogP contribution is -2.48. The molecule has 1 atom stereocenters. The lowest BCUT2D eigenvalue weighted by molar-refractivity contribution is -0.140. The van der Waals surface area contributed by atoms with Gasteiger partial charge in [0.25, 0.3) is 0 Å². The molecule has 0 fully saturated rings. The van der Waals surface area contributed by atoms with E-state index in [1.165, 1.54) is 0 Å². The zero-order valence-corrected chi connectivity index (χ0v) is 18.7. The largest absolute Gasteiger partial charge is 0.354 e. The molecule has 2 rings (SSSR count). The maximum Gasteiger partial charge on any atom is 0.242 e. The lowest BCUT2D eigenvalue weighted by atomic mass is 10.1. The fraction of sp³-hybridized carbons (Fsp3) is 0.417. The Morgan fingerprint density at radius 2 is 1.66 bits per heavy atom. The fourth-order valence-electron chi connectivity index (χ4n) is 2.92. The molecule has 29 heavy (non-hydrogen) atoms. The molecule has 1 N–H and O–H groups in total. The lowest BCUT2D eigenvalue weighted by Gasteiger charge is -2.29. The standard InChI is InChI=1S/C24H32N2O2S/c1-18(2)16-25-24(28)20(4)26(17-21-11-9-8-10-19(21)3)23(27)14-15-29-22-12-6-5-7-13-22/h5-13,18,20H,14-17H2,1-4H3,(H,25,28). The van der Waals surface area contributed by atoms with E-state index in [1.807, 2.05) is 68.4 Å². The summed E-state index contributed by atoms with van der Waals surface area (Å²) < 4.78 is 0. The van der Waals surface area contributed by atoms with E-state index in [-0.39, 0.29) is 11.8 Å². The first-order chi connectivity index (χ1) is 13.9. The van der Waals surface area contributed by atoms with Gasteiger partial charge in [-0.25, -0.2) is 0 Å². The van der Waals surface area contributed by atoms with Crippen molar-refractivity contribution in [3.05, 3.63) is 65.7 Å². The van der Waals surface area contributed by atoms with Gasteiger partial charge in [0, 0.05) is 30.2 Å². The Kier molecular flexibility index (Phi) is 9.26. The number of benzene rings is 2. The van der Waals surface area contributed by atoms with Crippen LogP contribution in [0, 0.1) is 12.8 Å². The van der Waals surface area contributed by atoms with Gasteiger partial charge in [-0.05, 0) is 43.0 Å². The number of carbonyl (C=O) groups is 2. The normalized spacial score (nSPS) is 11.9. The molecule has 0 spiro atoms. The van der Waals surface area contributed by atoms with Crippen LogP contribution in [-0.4, -0.2) is 35.1 Å². The van der Waals surface area contributed by atoms with E-state index in [4.69, 9.17) is 0 Å². The molecule has 0 aromatic heterocycles. The number of nitrogens with one attached hydrogen (secondary N) is 1. The number of hydrogen-bond acceptors (Lipinski definition) is 3. The van der Waals surface area contributed by atoms with E-state index >= 15 is 0 Å². The van der Waals surface area contributed by atoms with Crippen molar-refractivity contribution < 1.29 is 9.59 Å². The second kappa shape index (κ2) is 11.7. The maximum atomic E-state index is 13.1. The molecule has 0 saturated heterocycles. The zero-order valence-electron chi connectivity index (χ0n) is 17.9.